The van der Waals surface area contributed by atoms with Gasteiger partial charge in [0.05, 0.1) is 13.2 Å². The van der Waals surface area contributed by atoms with Crippen LogP contribution in [-0.4, -0.2) is 13.2 Å². The van der Waals surface area contributed by atoms with Gasteiger partial charge in [-0.25, -0.2) is 0 Å². The molecule has 0 radical (unpaired) electrons. The first-order valence-corrected chi connectivity index (χ1v) is 7.51. The van der Waals surface area contributed by atoms with Crippen molar-refractivity contribution in [2.24, 2.45) is 10.8 Å². The van der Waals surface area contributed by atoms with Gasteiger partial charge in [0.1, 0.15) is 11.5 Å². The lowest BCUT2D eigenvalue weighted by molar-refractivity contribution is 0.238. The Labute approximate surface area is 124 Å². The molecule has 0 unspecified atom stereocenters. The summed E-state index contributed by atoms with van der Waals surface area (Å²) in [4.78, 5) is 0. The van der Waals surface area contributed by atoms with Gasteiger partial charge in [0.2, 0.25) is 0 Å². The predicted octanol–water partition coefficient (Wildman–Crippen LogP) is 5.32. The molecule has 1 rings (SSSR count). The first-order chi connectivity index (χ1) is 9.16. The maximum Gasteiger partial charge on any atom is 0.119 e. The standard InChI is InChI=1S/C18H30O2/c1-17(2,3)11-13-19-15-7-9-16(10-8-15)20-14-12-18(4,5)6/h7-10H,11-14H2,1-6H3. The van der Waals surface area contributed by atoms with Crippen LogP contribution in [0.5, 0.6) is 11.5 Å². The first-order valence-electron chi connectivity index (χ1n) is 7.51. The minimum absolute atomic E-state index is 0.315. The van der Waals surface area contributed by atoms with Gasteiger partial charge in [-0.15, -0.1) is 0 Å². The fraction of sp³-hybridized carbons (Fsp3) is 0.667. The number of rotatable bonds is 6. The molecule has 0 aliphatic carbocycles. The fourth-order valence-corrected chi connectivity index (χ4v) is 1.58. The maximum atomic E-state index is 5.74. The Bertz CT molecular complexity index is 340. The smallest absolute Gasteiger partial charge is 0.119 e. The highest BCUT2D eigenvalue weighted by atomic mass is 16.5. The summed E-state index contributed by atoms with van der Waals surface area (Å²) in [5.74, 6) is 1.83. The van der Waals surface area contributed by atoms with Crippen LogP contribution in [0, 0.1) is 10.8 Å². The van der Waals surface area contributed by atoms with Gasteiger partial charge in [-0.3, -0.25) is 0 Å². The third kappa shape index (κ3) is 8.08. The lowest BCUT2D eigenvalue weighted by Gasteiger charge is -2.19. The topological polar surface area (TPSA) is 18.5 Å². The van der Waals surface area contributed by atoms with Crippen molar-refractivity contribution >= 4 is 0 Å². The molecule has 0 aliphatic heterocycles. The molecule has 2 heteroatoms. The lowest BCUT2D eigenvalue weighted by atomic mass is 9.93. The molecule has 20 heavy (non-hydrogen) atoms. The van der Waals surface area contributed by atoms with Crippen molar-refractivity contribution < 1.29 is 9.47 Å². The van der Waals surface area contributed by atoms with Gasteiger partial charge in [0, 0.05) is 0 Å². The van der Waals surface area contributed by atoms with Crippen LogP contribution < -0.4 is 9.47 Å². The molecule has 0 spiro atoms. The van der Waals surface area contributed by atoms with Crippen LogP contribution in [0.2, 0.25) is 0 Å². The highest BCUT2D eigenvalue weighted by Crippen LogP contribution is 2.23. The van der Waals surface area contributed by atoms with E-state index in [1.54, 1.807) is 0 Å². The number of ether oxygens (including phenoxy) is 2. The van der Waals surface area contributed by atoms with Crippen LogP contribution in [0.15, 0.2) is 24.3 Å². The fourth-order valence-electron chi connectivity index (χ4n) is 1.58. The van der Waals surface area contributed by atoms with E-state index in [9.17, 15) is 0 Å². The second kappa shape index (κ2) is 7.01. The average molecular weight is 278 g/mol. The summed E-state index contributed by atoms with van der Waals surface area (Å²) in [6.07, 6.45) is 2.10. The van der Waals surface area contributed by atoms with E-state index in [0.29, 0.717) is 10.8 Å². The number of hydrogen-bond acceptors (Lipinski definition) is 2. The van der Waals surface area contributed by atoms with Crippen molar-refractivity contribution in [1.29, 1.82) is 0 Å². The second-order valence-corrected chi connectivity index (χ2v) is 7.79. The van der Waals surface area contributed by atoms with Gasteiger partial charge >= 0.3 is 0 Å². The zero-order valence-electron chi connectivity index (χ0n) is 14.0. The normalized spacial score (nSPS) is 12.3. The van der Waals surface area contributed by atoms with Crippen LogP contribution in [0.25, 0.3) is 0 Å². The zero-order chi connectivity index (χ0) is 15.2. The molecule has 0 amide bonds. The summed E-state index contributed by atoms with van der Waals surface area (Å²) < 4.78 is 11.5. The molecule has 0 saturated carbocycles. The van der Waals surface area contributed by atoms with Crippen molar-refractivity contribution in [3.8, 4) is 11.5 Å². The van der Waals surface area contributed by atoms with E-state index >= 15 is 0 Å². The molecule has 0 N–H and O–H groups in total. The SMILES string of the molecule is CC(C)(C)CCOc1ccc(OCCC(C)(C)C)cc1. The summed E-state index contributed by atoms with van der Waals surface area (Å²) in [5, 5.41) is 0. The molecule has 0 heterocycles. The average Bonchev–Trinajstić information content (AvgIpc) is 2.28. The van der Waals surface area contributed by atoms with Gasteiger partial charge in [0.15, 0.2) is 0 Å². The Morgan fingerprint density at radius 2 is 0.950 bits per heavy atom. The highest BCUT2D eigenvalue weighted by Gasteiger charge is 2.11. The minimum atomic E-state index is 0.315. The van der Waals surface area contributed by atoms with E-state index < -0.39 is 0 Å². The third-order valence-corrected chi connectivity index (χ3v) is 3.07. The number of benzene rings is 1. The van der Waals surface area contributed by atoms with Crippen LogP contribution in [0.1, 0.15) is 54.4 Å². The second-order valence-electron chi connectivity index (χ2n) is 7.79. The van der Waals surface area contributed by atoms with Crippen molar-refractivity contribution in [3.63, 3.8) is 0 Å². The van der Waals surface area contributed by atoms with E-state index in [2.05, 4.69) is 41.5 Å². The highest BCUT2D eigenvalue weighted by molar-refractivity contribution is 5.31. The molecule has 1 aromatic carbocycles. The Kier molecular flexibility index (Phi) is 5.91. The Morgan fingerprint density at radius 1 is 0.650 bits per heavy atom. The molecule has 1 aromatic rings. The van der Waals surface area contributed by atoms with Gasteiger partial charge in [0.25, 0.3) is 0 Å². The minimum Gasteiger partial charge on any atom is -0.494 e. The quantitative estimate of drug-likeness (QED) is 0.701. The third-order valence-electron chi connectivity index (χ3n) is 3.07. The van der Waals surface area contributed by atoms with E-state index in [0.717, 1.165) is 37.6 Å². The molecule has 0 fully saturated rings. The van der Waals surface area contributed by atoms with Gasteiger partial charge < -0.3 is 9.47 Å². The van der Waals surface area contributed by atoms with Gasteiger partial charge in [-0.1, -0.05) is 41.5 Å². The molecule has 0 bridgehead atoms. The van der Waals surface area contributed by atoms with Gasteiger partial charge in [-0.2, -0.15) is 0 Å². The summed E-state index contributed by atoms with van der Waals surface area (Å²) in [6.45, 7) is 14.9. The van der Waals surface area contributed by atoms with Crippen LogP contribution >= 0.6 is 0 Å². The number of hydrogen-bond donors (Lipinski definition) is 0. The van der Waals surface area contributed by atoms with Crippen molar-refractivity contribution in [2.45, 2.75) is 54.4 Å². The molecule has 114 valence electrons. The Balaban J connectivity index is 2.33. The first kappa shape index (κ1) is 16.9. The van der Waals surface area contributed by atoms with E-state index in [-0.39, 0.29) is 0 Å². The lowest BCUT2D eigenvalue weighted by Crippen LogP contribution is -2.11. The summed E-state index contributed by atoms with van der Waals surface area (Å²) in [7, 11) is 0. The Hall–Kier alpha value is -1.18. The molecular formula is C18H30O2. The molecule has 2 nitrogen and oxygen atoms in total. The summed E-state index contributed by atoms with van der Waals surface area (Å²) in [5.41, 5.74) is 0.631. The molecule has 0 aliphatic rings. The van der Waals surface area contributed by atoms with Crippen LogP contribution in [0.3, 0.4) is 0 Å². The van der Waals surface area contributed by atoms with Crippen molar-refractivity contribution in [3.05, 3.63) is 24.3 Å². The Morgan fingerprint density at radius 3 is 1.20 bits per heavy atom. The van der Waals surface area contributed by atoms with E-state index in [1.807, 2.05) is 24.3 Å². The monoisotopic (exact) mass is 278 g/mol. The molecule has 0 saturated heterocycles. The molecule has 0 aromatic heterocycles. The van der Waals surface area contributed by atoms with Gasteiger partial charge in [-0.05, 0) is 47.9 Å². The zero-order valence-corrected chi connectivity index (χ0v) is 14.0. The molecule has 0 atom stereocenters. The summed E-state index contributed by atoms with van der Waals surface area (Å²) >= 11 is 0. The van der Waals surface area contributed by atoms with Crippen LogP contribution in [-0.2, 0) is 0 Å². The van der Waals surface area contributed by atoms with Crippen molar-refractivity contribution in [2.75, 3.05) is 13.2 Å². The van der Waals surface area contributed by atoms with E-state index in [4.69, 9.17) is 9.47 Å². The molecular weight excluding hydrogens is 248 g/mol. The predicted molar refractivity (Wildman–Crippen MR) is 85.6 cm³/mol. The van der Waals surface area contributed by atoms with Crippen molar-refractivity contribution in [1.82, 2.24) is 0 Å². The summed E-state index contributed by atoms with van der Waals surface area (Å²) in [6, 6.07) is 7.92. The van der Waals surface area contributed by atoms with Crippen LogP contribution in [0.4, 0.5) is 0 Å². The maximum absolute atomic E-state index is 5.74. The largest absolute Gasteiger partial charge is 0.494 e. The van der Waals surface area contributed by atoms with E-state index in [1.165, 1.54) is 0 Å².